The number of hydrogen-bond donors (Lipinski definition) is 1. The molecule has 4 nitrogen and oxygen atoms in total. The summed E-state index contributed by atoms with van der Waals surface area (Å²) < 4.78 is 16.7. The van der Waals surface area contributed by atoms with Crippen molar-refractivity contribution in [3.05, 3.63) is 35.4 Å². The van der Waals surface area contributed by atoms with Crippen LogP contribution in [0.2, 0.25) is 0 Å². The molecule has 2 unspecified atom stereocenters. The number of carboxylic acids is 1. The summed E-state index contributed by atoms with van der Waals surface area (Å²) in [5, 5.41) is 7.98. The van der Waals surface area contributed by atoms with Crippen molar-refractivity contribution in [2.75, 3.05) is 13.7 Å². The van der Waals surface area contributed by atoms with Crippen molar-refractivity contribution >= 4 is 16.8 Å². The van der Waals surface area contributed by atoms with E-state index in [0.29, 0.717) is 0 Å². The number of rotatable bonds is 6. The van der Waals surface area contributed by atoms with Gasteiger partial charge in [0, 0.05) is 23.7 Å². The Bertz CT molecular complexity index is 417. The number of aryl methyl sites for hydroxylation is 1. The lowest BCUT2D eigenvalue weighted by Gasteiger charge is -2.12. The molecule has 94 valence electrons. The number of aliphatic carboxylic acids is 1. The molecule has 0 aliphatic heterocycles. The van der Waals surface area contributed by atoms with Gasteiger partial charge in [-0.3, -0.25) is 9.00 Å². The van der Waals surface area contributed by atoms with Crippen molar-refractivity contribution in [1.82, 2.24) is 0 Å². The standard InChI is InChI=1S/C12H16O4S/c1-9-5-3-4-6-10(9)8-17(15)11(7-16-2)12(13)14/h3-6,11H,7-8H2,1-2H3,(H,13,14). The quantitative estimate of drug-likeness (QED) is 0.834. The van der Waals surface area contributed by atoms with E-state index < -0.39 is 22.0 Å². The summed E-state index contributed by atoms with van der Waals surface area (Å²) >= 11 is 0. The zero-order valence-electron chi connectivity index (χ0n) is 9.88. The summed E-state index contributed by atoms with van der Waals surface area (Å²) in [6.45, 7) is 1.88. The maximum Gasteiger partial charge on any atom is 0.321 e. The Kier molecular flexibility index (Phi) is 5.31. The molecule has 0 aliphatic carbocycles. The van der Waals surface area contributed by atoms with E-state index in [9.17, 15) is 9.00 Å². The van der Waals surface area contributed by atoms with Crippen LogP contribution in [0.15, 0.2) is 24.3 Å². The van der Waals surface area contributed by atoms with Crippen LogP contribution in [0.3, 0.4) is 0 Å². The Hall–Kier alpha value is -1.20. The molecule has 17 heavy (non-hydrogen) atoms. The second-order valence-corrected chi connectivity index (χ2v) is 5.35. The number of carbonyl (C=O) groups is 1. The van der Waals surface area contributed by atoms with Crippen molar-refractivity contribution in [1.29, 1.82) is 0 Å². The summed E-state index contributed by atoms with van der Waals surface area (Å²) in [6, 6.07) is 7.52. The van der Waals surface area contributed by atoms with Gasteiger partial charge in [-0.2, -0.15) is 0 Å². The van der Waals surface area contributed by atoms with Gasteiger partial charge in [0.2, 0.25) is 0 Å². The first-order chi connectivity index (χ1) is 8.06. The maximum atomic E-state index is 11.9. The normalized spacial score (nSPS) is 14.2. The molecular weight excluding hydrogens is 240 g/mol. The molecular formula is C12H16O4S. The molecule has 0 saturated heterocycles. The molecule has 1 rings (SSSR count). The summed E-state index contributed by atoms with van der Waals surface area (Å²) in [5.41, 5.74) is 1.93. The fraction of sp³-hybridized carbons (Fsp3) is 0.417. The first kappa shape index (κ1) is 13.9. The topological polar surface area (TPSA) is 63.6 Å². The van der Waals surface area contributed by atoms with Crippen molar-refractivity contribution in [2.45, 2.75) is 17.9 Å². The van der Waals surface area contributed by atoms with Crippen LogP contribution in [0.5, 0.6) is 0 Å². The zero-order chi connectivity index (χ0) is 12.8. The average molecular weight is 256 g/mol. The average Bonchev–Trinajstić information content (AvgIpc) is 2.28. The van der Waals surface area contributed by atoms with Crippen LogP contribution in [-0.2, 0) is 26.1 Å². The Morgan fingerprint density at radius 1 is 1.47 bits per heavy atom. The Morgan fingerprint density at radius 2 is 2.12 bits per heavy atom. The number of benzene rings is 1. The number of carboxylic acid groups (broad SMARTS) is 1. The molecule has 1 aromatic rings. The van der Waals surface area contributed by atoms with Gasteiger partial charge in [0.05, 0.1) is 6.61 Å². The SMILES string of the molecule is COCC(C(=O)O)S(=O)Cc1ccccc1C. The van der Waals surface area contributed by atoms with Crippen LogP contribution in [0.4, 0.5) is 0 Å². The van der Waals surface area contributed by atoms with E-state index in [0.717, 1.165) is 11.1 Å². The molecule has 1 aromatic carbocycles. The molecule has 0 amide bonds. The third-order valence-electron chi connectivity index (χ3n) is 2.47. The Balaban J connectivity index is 2.77. The molecule has 0 fully saturated rings. The predicted octanol–water partition coefficient (Wildman–Crippen LogP) is 1.34. The minimum atomic E-state index is -1.47. The van der Waals surface area contributed by atoms with Gasteiger partial charge < -0.3 is 9.84 Å². The molecule has 5 heteroatoms. The van der Waals surface area contributed by atoms with Gasteiger partial charge in [0.25, 0.3) is 0 Å². The number of ether oxygens (including phenoxy) is 1. The van der Waals surface area contributed by atoms with Gasteiger partial charge in [-0.25, -0.2) is 0 Å². The van der Waals surface area contributed by atoms with Crippen LogP contribution in [0.1, 0.15) is 11.1 Å². The largest absolute Gasteiger partial charge is 0.480 e. The zero-order valence-corrected chi connectivity index (χ0v) is 10.7. The van der Waals surface area contributed by atoms with E-state index in [1.807, 2.05) is 31.2 Å². The maximum absolute atomic E-state index is 11.9. The van der Waals surface area contributed by atoms with Gasteiger partial charge in [-0.05, 0) is 18.1 Å². The third kappa shape index (κ3) is 3.94. The summed E-state index contributed by atoms with van der Waals surface area (Å²) in [6.07, 6.45) is 0. The predicted molar refractivity (Wildman–Crippen MR) is 66.3 cm³/mol. The highest BCUT2D eigenvalue weighted by atomic mass is 32.2. The summed E-state index contributed by atoms with van der Waals surface area (Å²) in [7, 11) is -0.0699. The minimum absolute atomic E-state index is 0.0339. The van der Waals surface area contributed by atoms with Crippen LogP contribution in [-0.4, -0.2) is 34.3 Å². The number of hydrogen-bond acceptors (Lipinski definition) is 3. The van der Waals surface area contributed by atoms with E-state index in [2.05, 4.69) is 0 Å². The van der Waals surface area contributed by atoms with Gasteiger partial charge in [-0.1, -0.05) is 24.3 Å². The molecule has 0 aliphatic rings. The molecule has 0 heterocycles. The van der Waals surface area contributed by atoms with Crippen LogP contribution >= 0.6 is 0 Å². The lowest BCUT2D eigenvalue weighted by Crippen LogP contribution is -2.31. The molecule has 0 aromatic heterocycles. The van der Waals surface area contributed by atoms with Crippen molar-refractivity contribution in [2.24, 2.45) is 0 Å². The van der Waals surface area contributed by atoms with E-state index >= 15 is 0 Å². The van der Waals surface area contributed by atoms with Gasteiger partial charge in [-0.15, -0.1) is 0 Å². The molecule has 0 spiro atoms. The van der Waals surface area contributed by atoms with E-state index in [1.165, 1.54) is 7.11 Å². The molecule has 2 atom stereocenters. The van der Waals surface area contributed by atoms with Gasteiger partial charge >= 0.3 is 5.97 Å². The second kappa shape index (κ2) is 6.51. The van der Waals surface area contributed by atoms with Crippen LogP contribution in [0.25, 0.3) is 0 Å². The van der Waals surface area contributed by atoms with Crippen molar-refractivity contribution in [3.63, 3.8) is 0 Å². The third-order valence-corrected chi connectivity index (χ3v) is 4.04. The first-order valence-electron chi connectivity index (χ1n) is 5.19. The number of methoxy groups -OCH3 is 1. The van der Waals surface area contributed by atoms with Gasteiger partial charge in [0.15, 0.2) is 5.25 Å². The molecule has 0 radical (unpaired) electrons. The first-order valence-corrected chi connectivity index (χ1v) is 6.58. The Labute approximate surface area is 103 Å². The molecule has 0 bridgehead atoms. The molecule has 1 N–H and O–H groups in total. The highest BCUT2D eigenvalue weighted by Crippen LogP contribution is 2.12. The highest BCUT2D eigenvalue weighted by Gasteiger charge is 2.24. The van der Waals surface area contributed by atoms with Gasteiger partial charge in [0.1, 0.15) is 0 Å². The van der Waals surface area contributed by atoms with Crippen molar-refractivity contribution in [3.8, 4) is 0 Å². The summed E-state index contributed by atoms with van der Waals surface area (Å²) in [4.78, 5) is 10.9. The molecule has 0 saturated carbocycles. The Morgan fingerprint density at radius 3 is 2.65 bits per heavy atom. The van der Waals surface area contributed by atoms with Crippen LogP contribution in [0, 0.1) is 6.92 Å². The minimum Gasteiger partial charge on any atom is -0.480 e. The summed E-state index contributed by atoms with van der Waals surface area (Å²) in [5.74, 6) is -0.841. The van der Waals surface area contributed by atoms with E-state index in [-0.39, 0.29) is 12.4 Å². The van der Waals surface area contributed by atoms with E-state index in [4.69, 9.17) is 9.84 Å². The second-order valence-electron chi connectivity index (χ2n) is 3.73. The van der Waals surface area contributed by atoms with Crippen molar-refractivity contribution < 1.29 is 18.8 Å². The lowest BCUT2D eigenvalue weighted by molar-refractivity contribution is -0.137. The fourth-order valence-electron chi connectivity index (χ4n) is 1.44. The van der Waals surface area contributed by atoms with E-state index in [1.54, 1.807) is 0 Å². The lowest BCUT2D eigenvalue weighted by atomic mass is 10.1. The monoisotopic (exact) mass is 256 g/mol. The smallest absolute Gasteiger partial charge is 0.321 e. The van der Waals surface area contributed by atoms with Crippen LogP contribution < -0.4 is 0 Å². The fourth-order valence-corrected chi connectivity index (χ4v) is 2.78. The highest BCUT2D eigenvalue weighted by molar-refractivity contribution is 7.85.